The third-order valence-corrected chi connectivity index (χ3v) is 5.14. The van der Waals surface area contributed by atoms with Crippen molar-refractivity contribution >= 4 is 39.0 Å². The lowest BCUT2D eigenvalue weighted by molar-refractivity contribution is -0.139. The average molecular weight is 359 g/mol. The fraction of sp³-hybridized carbons (Fsp3) is 0.278. The number of hydrogen-bond donors (Lipinski definition) is 1. The summed E-state index contributed by atoms with van der Waals surface area (Å²) in [6.07, 6.45) is -0.0145. The zero-order chi connectivity index (χ0) is 18.1. The molecule has 0 fully saturated rings. The molecule has 3 aromatic rings. The highest BCUT2D eigenvalue weighted by atomic mass is 32.1. The van der Waals surface area contributed by atoms with Gasteiger partial charge in [0.2, 0.25) is 0 Å². The van der Waals surface area contributed by atoms with E-state index in [1.54, 1.807) is 30.4 Å². The van der Waals surface area contributed by atoms with Gasteiger partial charge >= 0.3 is 5.97 Å². The lowest BCUT2D eigenvalue weighted by Crippen LogP contribution is -2.09. The summed E-state index contributed by atoms with van der Waals surface area (Å²) >= 11 is 1.54. The number of carbonyl (C=O) groups is 1. The van der Waals surface area contributed by atoms with Crippen LogP contribution in [0.2, 0.25) is 0 Å². The van der Waals surface area contributed by atoms with E-state index in [2.05, 4.69) is 15.3 Å². The first kappa shape index (κ1) is 17.3. The minimum atomic E-state index is -0.406. The van der Waals surface area contributed by atoms with Crippen LogP contribution in [0.25, 0.3) is 10.2 Å². The van der Waals surface area contributed by atoms with Crippen molar-refractivity contribution in [1.29, 1.82) is 0 Å². The maximum absolute atomic E-state index is 13.8. The van der Waals surface area contributed by atoms with Crippen molar-refractivity contribution in [2.75, 3.05) is 12.4 Å². The number of rotatable bonds is 4. The van der Waals surface area contributed by atoms with Crippen molar-refractivity contribution < 1.29 is 13.9 Å². The predicted octanol–water partition coefficient (Wildman–Crippen LogP) is 4.21. The van der Waals surface area contributed by atoms with Gasteiger partial charge in [0.15, 0.2) is 0 Å². The summed E-state index contributed by atoms with van der Waals surface area (Å²) in [4.78, 5) is 22.4. The number of hydrogen-bond acceptors (Lipinski definition) is 6. The molecule has 0 aliphatic heterocycles. The van der Waals surface area contributed by atoms with E-state index >= 15 is 0 Å². The summed E-state index contributed by atoms with van der Waals surface area (Å²) in [6.45, 7) is 5.72. The molecule has 0 bridgehead atoms. The van der Waals surface area contributed by atoms with E-state index in [4.69, 9.17) is 4.74 Å². The fourth-order valence-electron chi connectivity index (χ4n) is 2.47. The van der Waals surface area contributed by atoms with Crippen molar-refractivity contribution in [3.8, 4) is 0 Å². The van der Waals surface area contributed by atoms with Gasteiger partial charge in [-0.05, 0) is 44.0 Å². The Morgan fingerprint density at radius 2 is 2.04 bits per heavy atom. The predicted molar refractivity (Wildman–Crippen MR) is 97.0 cm³/mol. The Hall–Kier alpha value is -2.54. The smallest absolute Gasteiger partial charge is 0.313 e. The van der Waals surface area contributed by atoms with Crippen LogP contribution < -0.4 is 5.32 Å². The van der Waals surface area contributed by atoms with Gasteiger partial charge in [-0.3, -0.25) is 4.79 Å². The summed E-state index contributed by atoms with van der Waals surface area (Å²) in [7, 11) is 1.33. The number of methoxy groups -OCH3 is 1. The minimum Gasteiger partial charge on any atom is -0.469 e. The van der Waals surface area contributed by atoms with Crippen molar-refractivity contribution in [3.05, 3.63) is 45.8 Å². The van der Waals surface area contributed by atoms with E-state index < -0.39 is 5.97 Å². The van der Waals surface area contributed by atoms with Crippen LogP contribution in [0.3, 0.4) is 0 Å². The molecule has 0 atom stereocenters. The summed E-state index contributed by atoms with van der Waals surface area (Å²) in [6, 6.07) is 4.93. The Kier molecular flexibility index (Phi) is 4.67. The van der Waals surface area contributed by atoms with Crippen LogP contribution in [-0.4, -0.2) is 23.0 Å². The van der Waals surface area contributed by atoms with E-state index in [0.29, 0.717) is 22.9 Å². The molecule has 5 nitrogen and oxygen atoms in total. The Morgan fingerprint density at radius 1 is 1.28 bits per heavy atom. The number of fused-ring (bicyclic) bond motifs is 1. The zero-order valence-electron chi connectivity index (χ0n) is 14.4. The van der Waals surface area contributed by atoms with Crippen molar-refractivity contribution in [2.45, 2.75) is 27.2 Å². The number of carbonyl (C=O) groups excluding carboxylic acids is 1. The highest BCUT2D eigenvalue weighted by Gasteiger charge is 2.17. The number of anilines is 2. The molecule has 7 heteroatoms. The number of thiophene rings is 1. The molecule has 3 rings (SSSR count). The van der Waals surface area contributed by atoms with Gasteiger partial charge in [0.05, 0.1) is 12.5 Å². The first-order valence-corrected chi connectivity index (χ1v) is 8.57. The monoisotopic (exact) mass is 359 g/mol. The van der Waals surface area contributed by atoms with Crippen LogP contribution in [0.15, 0.2) is 18.2 Å². The molecule has 0 saturated heterocycles. The van der Waals surface area contributed by atoms with Crippen LogP contribution in [0, 0.1) is 26.6 Å². The van der Waals surface area contributed by atoms with Crippen molar-refractivity contribution in [1.82, 2.24) is 9.97 Å². The van der Waals surface area contributed by atoms with Crippen LogP contribution >= 0.6 is 11.3 Å². The second kappa shape index (κ2) is 6.76. The maximum atomic E-state index is 13.8. The first-order chi connectivity index (χ1) is 11.9. The number of nitrogens with zero attached hydrogens (tertiary/aromatic N) is 2. The molecule has 25 heavy (non-hydrogen) atoms. The molecule has 0 unspecified atom stereocenters. The topological polar surface area (TPSA) is 64.1 Å². The zero-order valence-corrected chi connectivity index (χ0v) is 15.3. The second-order valence-electron chi connectivity index (χ2n) is 5.79. The highest BCUT2D eigenvalue weighted by molar-refractivity contribution is 7.18. The molecule has 0 spiro atoms. The fourth-order valence-corrected chi connectivity index (χ4v) is 3.52. The lowest BCUT2D eigenvalue weighted by atomic mass is 10.2. The summed E-state index contributed by atoms with van der Waals surface area (Å²) in [5.74, 6) is 0.240. The number of nitrogens with one attached hydrogen (secondary N) is 1. The summed E-state index contributed by atoms with van der Waals surface area (Å²) in [5, 5.41) is 4.05. The molecule has 0 aliphatic carbocycles. The number of esters is 1. The molecule has 1 aromatic carbocycles. The van der Waals surface area contributed by atoms with Gasteiger partial charge < -0.3 is 10.1 Å². The van der Waals surface area contributed by atoms with Crippen LogP contribution in [-0.2, 0) is 16.0 Å². The van der Waals surface area contributed by atoms with Crippen molar-refractivity contribution in [2.24, 2.45) is 0 Å². The third-order valence-electron chi connectivity index (χ3n) is 4.04. The summed E-state index contributed by atoms with van der Waals surface area (Å²) < 4.78 is 18.5. The van der Waals surface area contributed by atoms with Gasteiger partial charge in [0.1, 0.15) is 28.7 Å². The van der Waals surface area contributed by atoms with E-state index in [9.17, 15) is 9.18 Å². The Bertz CT molecular complexity index is 969. The number of aromatic nitrogens is 2. The molecule has 130 valence electrons. The molecule has 1 N–H and O–H groups in total. The molecule has 2 heterocycles. The second-order valence-corrected chi connectivity index (χ2v) is 7.00. The molecule has 0 radical (unpaired) electrons. The number of benzene rings is 1. The van der Waals surface area contributed by atoms with Crippen molar-refractivity contribution in [3.63, 3.8) is 0 Å². The minimum absolute atomic E-state index is 0.0145. The number of aryl methyl sites for hydroxylation is 3. The largest absolute Gasteiger partial charge is 0.469 e. The van der Waals surface area contributed by atoms with E-state index in [1.165, 1.54) is 13.2 Å². The maximum Gasteiger partial charge on any atom is 0.313 e. The Balaban J connectivity index is 2.09. The highest BCUT2D eigenvalue weighted by Crippen LogP contribution is 2.34. The van der Waals surface area contributed by atoms with Gasteiger partial charge in [-0.15, -0.1) is 11.3 Å². The summed E-state index contributed by atoms with van der Waals surface area (Å²) in [5.41, 5.74) is 2.24. The molecule has 2 aromatic heterocycles. The normalized spacial score (nSPS) is 10.9. The molecule has 0 amide bonds. The Morgan fingerprint density at radius 3 is 2.72 bits per heavy atom. The standard InChI is InChI=1S/C18H18FN3O2S/c1-9-5-6-12(7-13(9)19)20-17-16-10(2)11(3)25-18(16)22-14(21-17)8-15(23)24-4/h5-7H,8H2,1-4H3,(H,20,21,22). The van der Waals surface area contributed by atoms with E-state index in [-0.39, 0.29) is 12.2 Å². The van der Waals surface area contributed by atoms with Crippen LogP contribution in [0.4, 0.5) is 15.9 Å². The van der Waals surface area contributed by atoms with Crippen LogP contribution in [0.5, 0.6) is 0 Å². The van der Waals surface area contributed by atoms with Gasteiger partial charge in [-0.1, -0.05) is 6.07 Å². The van der Waals surface area contributed by atoms with Gasteiger partial charge in [0, 0.05) is 10.6 Å². The van der Waals surface area contributed by atoms with E-state index in [0.717, 1.165) is 20.7 Å². The molecule has 0 saturated carbocycles. The SMILES string of the molecule is COC(=O)Cc1nc(Nc2ccc(C)c(F)c2)c2c(C)c(C)sc2n1. The first-order valence-electron chi connectivity index (χ1n) is 7.75. The van der Waals surface area contributed by atoms with Gasteiger partial charge in [-0.2, -0.15) is 0 Å². The average Bonchev–Trinajstić information content (AvgIpc) is 2.85. The molecule has 0 aliphatic rings. The quantitative estimate of drug-likeness (QED) is 0.707. The number of ether oxygens (including phenoxy) is 1. The van der Waals surface area contributed by atoms with E-state index in [1.807, 2.05) is 13.8 Å². The third kappa shape index (κ3) is 3.46. The number of halogens is 1. The van der Waals surface area contributed by atoms with Crippen LogP contribution in [0.1, 0.15) is 21.8 Å². The molecular formula is C18H18FN3O2S. The van der Waals surface area contributed by atoms with Gasteiger partial charge in [-0.25, -0.2) is 14.4 Å². The lowest BCUT2D eigenvalue weighted by Gasteiger charge is -2.10. The molecular weight excluding hydrogens is 341 g/mol. The van der Waals surface area contributed by atoms with Gasteiger partial charge in [0.25, 0.3) is 0 Å². The Labute approximate surface area is 148 Å².